The smallest absolute Gasteiger partial charge is 0.129 e. The second-order valence-electron chi connectivity index (χ2n) is 4.03. The number of aromatic nitrogens is 1. The summed E-state index contributed by atoms with van der Waals surface area (Å²) in [5.41, 5.74) is 2.49. The molecule has 15 heavy (non-hydrogen) atoms. The van der Waals surface area contributed by atoms with Gasteiger partial charge in [0.25, 0.3) is 0 Å². The summed E-state index contributed by atoms with van der Waals surface area (Å²) in [7, 11) is 1.71. The van der Waals surface area contributed by atoms with E-state index in [1.807, 2.05) is 12.3 Å². The van der Waals surface area contributed by atoms with Crippen LogP contribution in [0.5, 0.6) is 5.75 Å². The first-order chi connectivity index (χ1) is 7.40. The number of benzene rings is 1. The Morgan fingerprint density at radius 3 is 2.87 bits per heavy atom. The van der Waals surface area contributed by atoms with E-state index in [4.69, 9.17) is 4.74 Å². The summed E-state index contributed by atoms with van der Waals surface area (Å²) in [5, 5.41) is 1.13. The van der Waals surface area contributed by atoms with Crippen molar-refractivity contribution in [3.05, 3.63) is 36.0 Å². The molecule has 2 nitrogen and oxygen atoms in total. The standard InChI is InChI=1S/C13H13NO/c1-15-12-7-8-14-13-10(9-5-6-9)3-2-4-11(12)13/h2-4,7-9H,5-6H2,1H3. The maximum atomic E-state index is 5.34. The maximum absolute atomic E-state index is 5.34. The average molecular weight is 199 g/mol. The largest absolute Gasteiger partial charge is 0.496 e. The van der Waals surface area contributed by atoms with Gasteiger partial charge in [0.15, 0.2) is 0 Å². The van der Waals surface area contributed by atoms with Gasteiger partial charge < -0.3 is 4.74 Å². The Kier molecular flexibility index (Phi) is 1.88. The van der Waals surface area contributed by atoms with E-state index in [1.165, 1.54) is 18.4 Å². The zero-order chi connectivity index (χ0) is 10.3. The SMILES string of the molecule is COc1ccnc2c(C3CC3)cccc12. The van der Waals surface area contributed by atoms with Crippen molar-refractivity contribution in [3.63, 3.8) is 0 Å². The third kappa shape index (κ3) is 1.37. The molecule has 0 N–H and O–H groups in total. The molecule has 1 fully saturated rings. The molecular weight excluding hydrogens is 186 g/mol. The highest BCUT2D eigenvalue weighted by Gasteiger charge is 2.25. The predicted molar refractivity (Wildman–Crippen MR) is 60.3 cm³/mol. The molecule has 0 amide bonds. The Balaban J connectivity index is 2.29. The summed E-state index contributed by atoms with van der Waals surface area (Å²) >= 11 is 0. The van der Waals surface area contributed by atoms with Gasteiger partial charge in [0.2, 0.25) is 0 Å². The number of ether oxygens (including phenoxy) is 1. The minimum atomic E-state index is 0.730. The molecule has 1 aliphatic carbocycles. The predicted octanol–water partition coefficient (Wildman–Crippen LogP) is 3.12. The van der Waals surface area contributed by atoms with Crippen molar-refractivity contribution in [1.82, 2.24) is 4.98 Å². The normalized spacial score (nSPS) is 15.5. The lowest BCUT2D eigenvalue weighted by atomic mass is 10.1. The van der Waals surface area contributed by atoms with Crippen LogP contribution in [0.2, 0.25) is 0 Å². The molecule has 0 spiro atoms. The summed E-state index contributed by atoms with van der Waals surface area (Å²) in [6, 6.07) is 8.28. The number of para-hydroxylation sites is 1. The minimum Gasteiger partial charge on any atom is -0.496 e. The van der Waals surface area contributed by atoms with Gasteiger partial charge in [-0.2, -0.15) is 0 Å². The molecule has 0 radical (unpaired) electrons. The second kappa shape index (κ2) is 3.23. The number of fused-ring (bicyclic) bond motifs is 1. The Bertz CT molecular complexity index is 503. The first kappa shape index (κ1) is 8.72. The molecule has 2 heteroatoms. The maximum Gasteiger partial charge on any atom is 0.129 e. The van der Waals surface area contributed by atoms with Crippen LogP contribution in [0.25, 0.3) is 10.9 Å². The third-order valence-corrected chi connectivity index (χ3v) is 3.00. The molecule has 0 atom stereocenters. The van der Waals surface area contributed by atoms with Crippen molar-refractivity contribution in [2.24, 2.45) is 0 Å². The van der Waals surface area contributed by atoms with E-state index in [1.54, 1.807) is 7.11 Å². The molecule has 1 heterocycles. The Labute approximate surface area is 88.9 Å². The van der Waals surface area contributed by atoms with Gasteiger partial charge in [0.05, 0.1) is 12.6 Å². The van der Waals surface area contributed by atoms with Gasteiger partial charge in [-0.3, -0.25) is 4.98 Å². The molecule has 2 aromatic rings. The van der Waals surface area contributed by atoms with Gasteiger partial charge in [-0.1, -0.05) is 12.1 Å². The zero-order valence-electron chi connectivity index (χ0n) is 8.73. The van der Waals surface area contributed by atoms with Crippen molar-refractivity contribution < 1.29 is 4.74 Å². The summed E-state index contributed by atoms with van der Waals surface area (Å²) in [5.74, 6) is 1.65. The fraction of sp³-hybridized carbons (Fsp3) is 0.308. The number of nitrogens with zero attached hydrogens (tertiary/aromatic N) is 1. The van der Waals surface area contributed by atoms with Crippen molar-refractivity contribution >= 4 is 10.9 Å². The molecule has 0 saturated heterocycles. The monoisotopic (exact) mass is 199 g/mol. The van der Waals surface area contributed by atoms with Gasteiger partial charge in [0, 0.05) is 11.6 Å². The zero-order valence-corrected chi connectivity index (χ0v) is 8.73. The van der Waals surface area contributed by atoms with E-state index < -0.39 is 0 Å². The number of hydrogen-bond acceptors (Lipinski definition) is 2. The van der Waals surface area contributed by atoms with Crippen LogP contribution in [0, 0.1) is 0 Å². The van der Waals surface area contributed by atoms with Crippen molar-refractivity contribution in [2.75, 3.05) is 7.11 Å². The molecule has 0 aliphatic heterocycles. The quantitative estimate of drug-likeness (QED) is 0.741. The van der Waals surface area contributed by atoms with Crippen LogP contribution in [0.3, 0.4) is 0 Å². The number of rotatable bonds is 2. The van der Waals surface area contributed by atoms with E-state index in [2.05, 4.69) is 23.2 Å². The highest BCUT2D eigenvalue weighted by atomic mass is 16.5. The van der Waals surface area contributed by atoms with Crippen LogP contribution in [-0.2, 0) is 0 Å². The van der Waals surface area contributed by atoms with Gasteiger partial charge >= 0.3 is 0 Å². The lowest BCUT2D eigenvalue weighted by Gasteiger charge is -2.07. The highest BCUT2D eigenvalue weighted by molar-refractivity contribution is 5.88. The fourth-order valence-corrected chi connectivity index (χ4v) is 2.08. The van der Waals surface area contributed by atoms with Gasteiger partial charge in [-0.25, -0.2) is 0 Å². The van der Waals surface area contributed by atoms with Gasteiger partial charge in [-0.05, 0) is 36.5 Å². The van der Waals surface area contributed by atoms with Crippen molar-refractivity contribution in [2.45, 2.75) is 18.8 Å². The molecule has 1 aliphatic rings. The lowest BCUT2D eigenvalue weighted by molar-refractivity contribution is 0.419. The van der Waals surface area contributed by atoms with Crippen molar-refractivity contribution in [1.29, 1.82) is 0 Å². The number of methoxy groups -OCH3 is 1. The number of pyridine rings is 1. The molecule has 0 unspecified atom stereocenters. The first-order valence-corrected chi connectivity index (χ1v) is 5.32. The summed E-state index contributed by atoms with van der Waals surface area (Å²) in [6.07, 6.45) is 4.43. The van der Waals surface area contributed by atoms with Crippen LogP contribution < -0.4 is 4.74 Å². The molecule has 1 aromatic heterocycles. The summed E-state index contributed by atoms with van der Waals surface area (Å²) < 4.78 is 5.34. The third-order valence-electron chi connectivity index (χ3n) is 3.00. The van der Waals surface area contributed by atoms with Crippen LogP contribution in [-0.4, -0.2) is 12.1 Å². The topological polar surface area (TPSA) is 22.1 Å². The van der Waals surface area contributed by atoms with E-state index in [0.29, 0.717) is 0 Å². The van der Waals surface area contributed by atoms with Crippen LogP contribution in [0.4, 0.5) is 0 Å². The summed E-state index contributed by atoms with van der Waals surface area (Å²) in [6.45, 7) is 0. The Morgan fingerprint density at radius 2 is 2.13 bits per heavy atom. The second-order valence-corrected chi connectivity index (χ2v) is 4.03. The first-order valence-electron chi connectivity index (χ1n) is 5.32. The highest BCUT2D eigenvalue weighted by Crippen LogP contribution is 2.43. The molecule has 1 aromatic carbocycles. The Hall–Kier alpha value is -1.57. The van der Waals surface area contributed by atoms with Crippen LogP contribution >= 0.6 is 0 Å². The van der Waals surface area contributed by atoms with Gasteiger partial charge in [-0.15, -0.1) is 0 Å². The molecule has 1 saturated carbocycles. The lowest BCUT2D eigenvalue weighted by Crippen LogP contribution is -1.90. The number of hydrogen-bond donors (Lipinski definition) is 0. The van der Waals surface area contributed by atoms with Crippen molar-refractivity contribution in [3.8, 4) is 5.75 Å². The van der Waals surface area contributed by atoms with Gasteiger partial charge in [0.1, 0.15) is 5.75 Å². The fourth-order valence-electron chi connectivity index (χ4n) is 2.08. The van der Waals surface area contributed by atoms with Crippen LogP contribution in [0.1, 0.15) is 24.3 Å². The van der Waals surface area contributed by atoms with E-state index in [0.717, 1.165) is 22.6 Å². The summed E-state index contributed by atoms with van der Waals surface area (Å²) in [4.78, 5) is 4.47. The average Bonchev–Trinajstić information content (AvgIpc) is 3.11. The van der Waals surface area contributed by atoms with Crippen LogP contribution in [0.15, 0.2) is 30.5 Å². The molecule has 0 bridgehead atoms. The Morgan fingerprint density at radius 1 is 1.27 bits per heavy atom. The molecule has 3 rings (SSSR count). The molecule has 76 valence electrons. The van der Waals surface area contributed by atoms with E-state index in [9.17, 15) is 0 Å². The molecular formula is C13H13NO. The minimum absolute atomic E-state index is 0.730. The van der Waals surface area contributed by atoms with E-state index in [-0.39, 0.29) is 0 Å². The van der Waals surface area contributed by atoms with E-state index >= 15 is 0 Å².